The van der Waals surface area contributed by atoms with Gasteiger partial charge in [0.25, 0.3) is 0 Å². The minimum absolute atomic E-state index is 0.115. The zero-order chi connectivity index (χ0) is 29.5. The number of carbonyl (C=O) groups is 1. The van der Waals surface area contributed by atoms with E-state index in [1.54, 1.807) is 25.4 Å². The van der Waals surface area contributed by atoms with Crippen LogP contribution < -0.4 is 20.3 Å². The Morgan fingerprint density at radius 2 is 1.80 bits per heavy atom. The Hall–Kier alpha value is -4.24. The first-order valence-corrected chi connectivity index (χ1v) is 13.9. The van der Waals surface area contributed by atoms with Crippen LogP contribution in [0.2, 0.25) is 0 Å². The second-order valence-corrected chi connectivity index (χ2v) is 11.6. The Morgan fingerprint density at radius 1 is 1.07 bits per heavy atom. The van der Waals surface area contributed by atoms with Gasteiger partial charge in [-0.15, -0.1) is 0 Å². The van der Waals surface area contributed by atoms with Gasteiger partial charge in [-0.25, -0.2) is 4.39 Å². The SMILES string of the molecule is COc1cc(N2C(=S)N[C@@H](c3ccccn3)[C@H]2c2cc(C)n(-c3ccccc3F)c2C)ccc1NC(=O)C(C)(C)C. The third kappa shape index (κ3) is 5.29. The van der Waals surface area contributed by atoms with E-state index in [0.29, 0.717) is 22.2 Å². The van der Waals surface area contributed by atoms with Crippen LogP contribution >= 0.6 is 12.2 Å². The van der Waals surface area contributed by atoms with E-state index >= 15 is 0 Å². The van der Waals surface area contributed by atoms with Gasteiger partial charge in [-0.1, -0.05) is 39.0 Å². The molecule has 2 N–H and O–H groups in total. The smallest absolute Gasteiger partial charge is 0.229 e. The van der Waals surface area contributed by atoms with Crippen LogP contribution in [0.3, 0.4) is 0 Å². The second-order valence-electron chi connectivity index (χ2n) is 11.2. The highest BCUT2D eigenvalue weighted by atomic mass is 32.1. The van der Waals surface area contributed by atoms with Crippen LogP contribution in [-0.2, 0) is 4.79 Å². The van der Waals surface area contributed by atoms with Gasteiger partial charge in [0.15, 0.2) is 5.11 Å². The zero-order valence-corrected chi connectivity index (χ0v) is 24.8. The maximum atomic E-state index is 14.9. The van der Waals surface area contributed by atoms with E-state index in [-0.39, 0.29) is 23.8 Å². The molecule has 1 amide bonds. The monoisotopic (exact) mass is 571 g/mol. The van der Waals surface area contributed by atoms with Crippen LogP contribution in [-0.4, -0.2) is 27.7 Å². The average molecular weight is 572 g/mol. The fraction of sp³-hybridized carbons (Fsp3) is 0.281. The van der Waals surface area contributed by atoms with Crippen LogP contribution in [0.25, 0.3) is 5.69 Å². The Bertz CT molecular complexity index is 1610. The van der Waals surface area contributed by atoms with Crippen LogP contribution in [0.4, 0.5) is 15.8 Å². The highest BCUT2D eigenvalue weighted by molar-refractivity contribution is 7.80. The topological polar surface area (TPSA) is 71.4 Å². The molecule has 0 bridgehead atoms. The Kier molecular flexibility index (Phi) is 7.57. The number of ether oxygens (including phenoxy) is 1. The Labute approximate surface area is 245 Å². The van der Waals surface area contributed by atoms with Gasteiger partial charge in [-0.3, -0.25) is 9.78 Å². The molecule has 41 heavy (non-hydrogen) atoms. The fourth-order valence-electron chi connectivity index (χ4n) is 5.28. The van der Waals surface area contributed by atoms with Gasteiger partial charge < -0.3 is 24.8 Å². The van der Waals surface area contributed by atoms with Gasteiger partial charge >= 0.3 is 0 Å². The van der Waals surface area contributed by atoms with Gasteiger partial charge in [0.2, 0.25) is 5.91 Å². The highest BCUT2D eigenvalue weighted by Crippen LogP contribution is 2.45. The number of benzene rings is 2. The summed E-state index contributed by atoms with van der Waals surface area (Å²) in [5.74, 6) is 0.104. The van der Waals surface area contributed by atoms with E-state index in [0.717, 1.165) is 28.3 Å². The molecule has 1 fully saturated rings. The van der Waals surface area contributed by atoms with Crippen LogP contribution in [0.1, 0.15) is 55.5 Å². The van der Waals surface area contributed by atoms with Crippen molar-refractivity contribution in [1.82, 2.24) is 14.9 Å². The van der Waals surface area contributed by atoms with E-state index < -0.39 is 5.41 Å². The number of hydrogen-bond donors (Lipinski definition) is 2. The Balaban J connectivity index is 1.64. The van der Waals surface area contributed by atoms with E-state index in [1.807, 2.05) is 86.6 Å². The van der Waals surface area contributed by atoms with E-state index in [2.05, 4.69) is 21.7 Å². The molecule has 0 spiro atoms. The molecule has 1 saturated heterocycles. The number of nitrogens with one attached hydrogen (secondary N) is 2. The first kappa shape index (κ1) is 28.3. The number of anilines is 2. The number of nitrogens with zero attached hydrogens (tertiary/aromatic N) is 3. The summed E-state index contributed by atoms with van der Waals surface area (Å²) in [5, 5.41) is 6.97. The molecule has 0 saturated carbocycles. The normalized spacial score (nSPS) is 17.0. The quantitative estimate of drug-likeness (QED) is 0.248. The van der Waals surface area contributed by atoms with Gasteiger partial charge in [-0.05, 0) is 74.1 Å². The largest absolute Gasteiger partial charge is 0.494 e. The number of rotatable bonds is 6. The van der Waals surface area contributed by atoms with Gasteiger partial charge in [-0.2, -0.15) is 0 Å². The number of carbonyl (C=O) groups excluding carboxylic acids is 1. The number of aromatic nitrogens is 2. The number of aryl methyl sites for hydroxylation is 1. The number of methoxy groups -OCH3 is 1. The van der Waals surface area contributed by atoms with Crippen molar-refractivity contribution in [2.75, 3.05) is 17.3 Å². The maximum absolute atomic E-state index is 14.9. The summed E-state index contributed by atoms with van der Waals surface area (Å²) in [7, 11) is 1.57. The molecule has 5 rings (SSSR count). The molecule has 212 valence electrons. The van der Waals surface area contributed by atoms with Gasteiger partial charge in [0.05, 0.1) is 36.3 Å². The first-order valence-electron chi connectivity index (χ1n) is 13.4. The maximum Gasteiger partial charge on any atom is 0.229 e. The molecule has 7 nitrogen and oxygen atoms in total. The van der Waals surface area contributed by atoms with Crippen molar-refractivity contribution in [3.63, 3.8) is 0 Å². The summed E-state index contributed by atoms with van der Waals surface area (Å²) in [4.78, 5) is 19.4. The molecular weight excluding hydrogens is 537 g/mol. The number of pyridine rings is 1. The molecule has 9 heteroatoms. The van der Waals surface area contributed by atoms with Crippen LogP contribution in [0.15, 0.2) is 72.9 Å². The molecule has 2 aromatic heterocycles. The predicted molar refractivity (Wildman–Crippen MR) is 164 cm³/mol. The molecule has 3 heterocycles. The summed E-state index contributed by atoms with van der Waals surface area (Å²) in [6, 6.07) is 19.7. The molecule has 1 aliphatic heterocycles. The van der Waals surface area contributed by atoms with Crippen molar-refractivity contribution >= 4 is 34.6 Å². The molecule has 0 unspecified atom stereocenters. The molecule has 1 aliphatic rings. The van der Waals surface area contributed by atoms with E-state index in [9.17, 15) is 9.18 Å². The summed E-state index contributed by atoms with van der Waals surface area (Å²) < 4.78 is 22.6. The van der Waals surface area contributed by atoms with E-state index in [4.69, 9.17) is 17.0 Å². The van der Waals surface area contributed by atoms with Crippen molar-refractivity contribution in [2.24, 2.45) is 5.41 Å². The number of thiocarbonyl (C=S) groups is 1. The summed E-state index contributed by atoms with van der Waals surface area (Å²) in [6.07, 6.45) is 1.76. The lowest BCUT2D eigenvalue weighted by molar-refractivity contribution is -0.123. The lowest BCUT2D eigenvalue weighted by Gasteiger charge is -2.29. The first-order chi connectivity index (χ1) is 19.5. The van der Waals surface area contributed by atoms with Crippen molar-refractivity contribution in [2.45, 2.75) is 46.7 Å². The van der Waals surface area contributed by atoms with E-state index in [1.165, 1.54) is 6.07 Å². The van der Waals surface area contributed by atoms with Gasteiger partial charge in [0, 0.05) is 34.8 Å². The standard InChI is InChI=1S/C32H34FN5O2S/c1-19-17-22(20(2)37(19)26-13-8-7-11-23(26)33)29-28(25-12-9-10-16-34-25)36-31(41)38(29)21-14-15-24(27(18-21)40-6)35-30(39)32(3,4)5/h7-18,28-29H,1-6H3,(H,35,39)(H,36,41)/t28-,29+/m0/s1. The fourth-order valence-corrected chi connectivity index (χ4v) is 5.63. The molecular formula is C32H34FN5O2S. The molecule has 0 aliphatic carbocycles. The average Bonchev–Trinajstić information content (AvgIpc) is 3.44. The molecule has 2 atom stereocenters. The second kappa shape index (κ2) is 11.0. The van der Waals surface area contributed by atoms with Gasteiger partial charge in [0.1, 0.15) is 11.6 Å². The third-order valence-corrected chi connectivity index (χ3v) is 7.69. The highest BCUT2D eigenvalue weighted by Gasteiger charge is 2.42. The number of amides is 1. The number of para-hydroxylation sites is 1. The van der Waals surface area contributed by atoms with Crippen molar-refractivity contribution in [3.8, 4) is 11.4 Å². The summed E-state index contributed by atoms with van der Waals surface area (Å²) >= 11 is 5.91. The number of halogens is 1. The molecule has 0 radical (unpaired) electrons. The minimum Gasteiger partial charge on any atom is -0.494 e. The lowest BCUT2D eigenvalue weighted by atomic mass is 9.95. The van der Waals surface area contributed by atoms with Crippen molar-refractivity contribution in [1.29, 1.82) is 0 Å². The number of hydrogen-bond acceptors (Lipinski definition) is 4. The van der Waals surface area contributed by atoms with Crippen LogP contribution in [0.5, 0.6) is 5.75 Å². The zero-order valence-electron chi connectivity index (χ0n) is 24.0. The molecule has 2 aromatic carbocycles. The van der Waals surface area contributed by atoms with Crippen molar-refractivity contribution in [3.05, 3.63) is 101 Å². The minimum atomic E-state index is -0.564. The molecule has 4 aromatic rings. The Morgan fingerprint density at radius 3 is 2.46 bits per heavy atom. The predicted octanol–water partition coefficient (Wildman–Crippen LogP) is 6.80. The lowest BCUT2D eigenvalue weighted by Crippen LogP contribution is -2.30. The summed E-state index contributed by atoms with van der Waals surface area (Å²) in [5.41, 5.74) is 4.90. The van der Waals surface area contributed by atoms with Crippen LogP contribution in [0, 0.1) is 25.1 Å². The summed E-state index contributed by atoms with van der Waals surface area (Å²) in [6.45, 7) is 9.54. The third-order valence-electron chi connectivity index (χ3n) is 7.37. The van der Waals surface area contributed by atoms with Crippen molar-refractivity contribution < 1.29 is 13.9 Å².